The lowest BCUT2D eigenvalue weighted by Gasteiger charge is -2.34. The predicted octanol–water partition coefficient (Wildman–Crippen LogP) is 2.32. The van der Waals surface area contributed by atoms with Gasteiger partial charge in [-0.25, -0.2) is 0 Å². The number of halogens is 1. The summed E-state index contributed by atoms with van der Waals surface area (Å²) in [5, 5.41) is 0. The molecule has 2 heterocycles. The van der Waals surface area contributed by atoms with Crippen LogP contribution in [0.2, 0.25) is 0 Å². The predicted molar refractivity (Wildman–Crippen MR) is 63.6 cm³/mol. The summed E-state index contributed by atoms with van der Waals surface area (Å²) in [7, 11) is 0. The van der Waals surface area contributed by atoms with E-state index in [1.165, 1.54) is 0 Å². The van der Waals surface area contributed by atoms with Crippen LogP contribution in [0.1, 0.15) is 29.6 Å². The Hall–Kier alpha value is -1.09. The summed E-state index contributed by atoms with van der Waals surface area (Å²) in [6.07, 6.45) is 6.54. The van der Waals surface area contributed by atoms with Gasteiger partial charge < -0.3 is 4.90 Å². The maximum absolute atomic E-state index is 12.2. The Morgan fingerprint density at radius 2 is 2.19 bits per heavy atom. The fourth-order valence-electron chi connectivity index (χ4n) is 2.09. The third-order valence-electron chi connectivity index (χ3n) is 2.99. The molecule has 1 atom stereocenters. The number of nitrogens with zero attached hydrogens (tertiary/aromatic N) is 2. The fraction of sp³-hybridized carbons (Fsp3) is 0.500. The Labute approximate surface area is 100 Å². The number of alkyl halides is 1. The maximum Gasteiger partial charge on any atom is 0.254 e. The van der Waals surface area contributed by atoms with Gasteiger partial charge in [0.2, 0.25) is 0 Å². The van der Waals surface area contributed by atoms with Gasteiger partial charge in [-0.3, -0.25) is 9.78 Å². The van der Waals surface area contributed by atoms with Crippen molar-refractivity contribution in [3.8, 4) is 0 Å². The summed E-state index contributed by atoms with van der Waals surface area (Å²) in [5.41, 5.74) is 0.701. The summed E-state index contributed by atoms with van der Waals surface area (Å²) in [6, 6.07) is 3.70. The van der Waals surface area contributed by atoms with Crippen molar-refractivity contribution in [2.24, 2.45) is 0 Å². The number of hydrogen-bond donors (Lipinski definition) is 0. The molecular formula is C12H15ClN2O. The van der Waals surface area contributed by atoms with E-state index in [0.29, 0.717) is 11.4 Å². The van der Waals surface area contributed by atoms with Crippen LogP contribution >= 0.6 is 11.6 Å². The largest absolute Gasteiger partial charge is 0.334 e. The Morgan fingerprint density at radius 3 is 2.88 bits per heavy atom. The van der Waals surface area contributed by atoms with Gasteiger partial charge in [0.1, 0.15) is 0 Å². The van der Waals surface area contributed by atoms with Crippen LogP contribution in [0.5, 0.6) is 0 Å². The minimum atomic E-state index is 0.0766. The molecule has 1 aliphatic heterocycles. The molecule has 0 N–H and O–H groups in total. The molecule has 0 saturated carbocycles. The summed E-state index contributed by atoms with van der Waals surface area (Å²) < 4.78 is 0. The van der Waals surface area contributed by atoms with Gasteiger partial charge in [0.15, 0.2) is 0 Å². The Kier molecular flexibility index (Phi) is 3.78. The van der Waals surface area contributed by atoms with Gasteiger partial charge in [0, 0.05) is 36.4 Å². The number of aromatic nitrogens is 1. The minimum absolute atomic E-state index is 0.0766. The number of carbonyl (C=O) groups excluding carboxylic acids is 1. The van der Waals surface area contributed by atoms with Crippen LogP contribution in [-0.2, 0) is 0 Å². The zero-order chi connectivity index (χ0) is 11.4. The first-order valence-electron chi connectivity index (χ1n) is 5.60. The topological polar surface area (TPSA) is 33.2 Å². The van der Waals surface area contributed by atoms with E-state index >= 15 is 0 Å². The zero-order valence-electron chi connectivity index (χ0n) is 9.10. The molecule has 1 aromatic heterocycles. The first kappa shape index (κ1) is 11.4. The van der Waals surface area contributed by atoms with Gasteiger partial charge in [-0.2, -0.15) is 0 Å². The van der Waals surface area contributed by atoms with Crippen LogP contribution in [0.15, 0.2) is 24.5 Å². The molecular weight excluding hydrogens is 224 g/mol. The molecule has 3 nitrogen and oxygen atoms in total. The lowest BCUT2D eigenvalue weighted by molar-refractivity contribution is 0.0639. The highest BCUT2D eigenvalue weighted by atomic mass is 35.5. The van der Waals surface area contributed by atoms with Crippen LogP contribution < -0.4 is 0 Å². The number of rotatable bonds is 2. The Bertz CT molecular complexity index is 355. The number of carbonyl (C=O) groups is 1. The molecule has 1 aliphatic rings. The van der Waals surface area contributed by atoms with Crippen molar-refractivity contribution in [3.63, 3.8) is 0 Å². The first-order valence-corrected chi connectivity index (χ1v) is 6.13. The third kappa shape index (κ3) is 2.35. The number of amides is 1. The summed E-state index contributed by atoms with van der Waals surface area (Å²) in [6.45, 7) is 0.818. The van der Waals surface area contributed by atoms with E-state index in [-0.39, 0.29) is 11.9 Å². The second-order valence-electron chi connectivity index (χ2n) is 4.04. The summed E-state index contributed by atoms with van der Waals surface area (Å²) >= 11 is 5.90. The Balaban J connectivity index is 2.14. The highest BCUT2D eigenvalue weighted by molar-refractivity contribution is 6.18. The van der Waals surface area contributed by atoms with Crippen LogP contribution in [0.25, 0.3) is 0 Å². The van der Waals surface area contributed by atoms with Gasteiger partial charge in [-0.05, 0) is 31.4 Å². The minimum Gasteiger partial charge on any atom is -0.334 e. The van der Waals surface area contributed by atoms with Crippen LogP contribution in [-0.4, -0.2) is 34.3 Å². The van der Waals surface area contributed by atoms with Gasteiger partial charge in [0.05, 0.1) is 0 Å². The second-order valence-corrected chi connectivity index (χ2v) is 4.35. The van der Waals surface area contributed by atoms with E-state index in [9.17, 15) is 4.79 Å². The molecule has 16 heavy (non-hydrogen) atoms. The van der Waals surface area contributed by atoms with Gasteiger partial charge in [-0.1, -0.05) is 0 Å². The normalized spacial score (nSPS) is 20.8. The molecule has 0 radical (unpaired) electrons. The standard InChI is InChI=1S/C12H15ClN2O/c13-9-11-3-1-2-8-15(11)12(16)10-4-6-14-7-5-10/h4-7,11H,1-3,8-9H2. The number of pyridine rings is 1. The number of piperidine rings is 1. The van der Waals surface area contributed by atoms with Crippen molar-refractivity contribution in [2.45, 2.75) is 25.3 Å². The molecule has 1 saturated heterocycles. The van der Waals surface area contributed by atoms with Gasteiger partial charge in [0.25, 0.3) is 5.91 Å². The third-order valence-corrected chi connectivity index (χ3v) is 3.35. The monoisotopic (exact) mass is 238 g/mol. The average molecular weight is 239 g/mol. The van der Waals surface area contributed by atoms with Crippen LogP contribution in [0, 0.1) is 0 Å². The quantitative estimate of drug-likeness (QED) is 0.741. The number of likely N-dealkylation sites (tertiary alicyclic amines) is 1. The van der Waals surface area contributed by atoms with Crippen molar-refractivity contribution in [3.05, 3.63) is 30.1 Å². The molecule has 1 unspecified atom stereocenters. The van der Waals surface area contributed by atoms with E-state index in [2.05, 4.69) is 4.98 Å². The first-order chi connectivity index (χ1) is 7.83. The van der Waals surface area contributed by atoms with E-state index < -0.39 is 0 Å². The van der Waals surface area contributed by atoms with E-state index in [0.717, 1.165) is 25.8 Å². The summed E-state index contributed by atoms with van der Waals surface area (Å²) in [4.78, 5) is 18.0. The molecule has 2 rings (SSSR count). The van der Waals surface area contributed by atoms with Crippen LogP contribution in [0.3, 0.4) is 0 Å². The molecule has 4 heteroatoms. The molecule has 1 aromatic rings. The lowest BCUT2D eigenvalue weighted by Crippen LogP contribution is -2.44. The zero-order valence-corrected chi connectivity index (χ0v) is 9.86. The Morgan fingerprint density at radius 1 is 1.44 bits per heavy atom. The van der Waals surface area contributed by atoms with Crippen molar-refractivity contribution >= 4 is 17.5 Å². The molecule has 0 aliphatic carbocycles. The van der Waals surface area contributed by atoms with Crippen LogP contribution in [0.4, 0.5) is 0 Å². The molecule has 0 spiro atoms. The van der Waals surface area contributed by atoms with Crippen molar-refractivity contribution in [1.82, 2.24) is 9.88 Å². The van der Waals surface area contributed by atoms with Crippen molar-refractivity contribution in [1.29, 1.82) is 0 Å². The van der Waals surface area contributed by atoms with Gasteiger partial charge in [-0.15, -0.1) is 11.6 Å². The van der Waals surface area contributed by atoms with Gasteiger partial charge >= 0.3 is 0 Å². The van der Waals surface area contributed by atoms with E-state index in [4.69, 9.17) is 11.6 Å². The lowest BCUT2D eigenvalue weighted by atomic mass is 10.0. The summed E-state index contributed by atoms with van der Waals surface area (Å²) in [5.74, 6) is 0.601. The molecule has 1 fully saturated rings. The van der Waals surface area contributed by atoms with E-state index in [1.54, 1.807) is 24.5 Å². The van der Waals surface area contributed by atoms with Crippen molar-refractivity contribution in [2.75, 3.05) is 12.4 Å². The van der Waals surface area contributed by atoms with E-state index in [1.807, 2.05) is 4.90 Å². The second kappa shape index (κ2) is 5.30. The van der Waals surface area contributed by atoms with Crippen molar-refractivity contribution < 1.29 is 4.79 Å². The highest BCUT2D eigenvalue weighted by Gasteiger charge is 2.26. The number of hydrogen-bond acceptors (Lipinski definition) is 2. The molecule has 0 aromatic carbocycles. The SMILES string of the molecule is O=C(c1ccncc1)N1CCCCC1CCl. The highest BCUT2D eigenvalue weighted by Crippen LogP contribution is 2.20. The maximum atomic E-state index is 12.2. The fourth-order valence-corrected chi connectivity index (χ4v) is 2.41. The smallest absolute Gasteiger partial charge is 0.254 e. The average Bonchev–Trinajstić information content (AvgIpc) is 2.39. The molecule has 0 bridgehead atoms. The molecule has 1 amide bonds. The molecule has 86 valence electrons.